The van der Waals surface area contributed by atoms with Crippen molar-refractivity contribution in [2.75, 3.05) is 18.0 Å². The monoisotopic (exact) mass is 308 g/mol. The lowest BCUT2D eigenvalue weighted by Crippen LogP contribution is -2.42. The molecule has 3 rings (SSSR count). The Hall–Kier alpha value is -2.62. The normalized spacial score (nSPS) is 13.3. The number of carbonyl (C=O) groups is 2. The number of nitrogens with one attached hydrogen (secondary N) is 1. The second kappa shape index (κ2) is 6.65. The minimum absolute atomic E-state index is 0.0149. The van der Waals surface area contributed by atoms with Crippen LogP contribution in [0.2, 0.25) is 0 Å². The second-order valence-electron chi connectivity index (χ2n) is 5.83. The average Bonchev–Trinajstić information content (AvgIpc) is 2.59. The Bertz CT molecular complexity index is 725. The fourth-order valence-electron chi connectivity index (χ4n) is 2.93. The third-order valence-electron chi connectivity index (χ3n) is 4.09. The molecule has 0 aromatic heterocycles. The predicted octanol–water partition coefficient (Wildman–Crippen LogP) is 2.70. The molecule has 0 atom stereocenters. The number of carbonyl (C=O) groups excluding carboxylic acids is 2. The van der Waals surface area contributed by atoms with Crippen molar-refractivity contribution >= 4 is 17.5 Å². The van der Waals surface area contributed by atoms with Crippen molar-refractivity contribution in [1.82, 2.24) is 5.32 Å². The minimum atomic E-state index is -0.222. The Kier molecular flexibility index (Phi) is 4.42. The van der Waals surface area contributed by atoms with Gasteiger partial charge in [-0.25, -0.2) is 0 Å². The van der Waals surface area contributed by atoms with Crippen LogP contribution in [0.25, 0.3) is 0 Å². The van der Waals surface area contributed by atoms with Crippen molar-refractivity contribution in [2.45, 2.75) is 19.8 Å². The van der Waals surface area contributed by atoms with Crippen LogP contribution >= 0.6 is 0 Å². The first-order valence-corrected chi connectivity index (χ1v) is 7.88. The van der Waals surface area contributed by atoms with E-state index in [1.807, 2.05) is 18.2 Å². The summed E-state index contributed by atoms with van der Waals surface area (Å²) in [6, 6.07) is 15.1. The van der Waals surface area contributed by atoms with E-state index in [1.165, 1.54) is 11.1 Å². The van der Waals surface area contributed by atoms with Crippen LogP contribution < -0.4 is 10.2 Å². The van der Waals surface area contributed by atoms with Crippen LogP contribution in [-0.2, 0) is 11.2 Å². The van der Waals surface area contributed by atoms with Crippen molar-refractivity contribution in [1.29, 1.82) is 0 Å². The molecule has 4 heteroatoms. The lowest BCUT2D eigenvalue weighted by molar-refractivity contribution is -0.117. The van der Waals surface area contributed by atoms with Gasteiger partial charge < -0.3 is 10.2 Å². The van der Waals surface area contributed by atoms with Gasteiger partial charge in [-0.1, -0.05) is 35.9 Å². The number of anilines is 1. The van der Waals surface area contributed by atoms with Crippen molar-refractivity contribution < 1.29 is 9.59 Å². The molecule has 1 aliphatic rings. The van der Waals surface area contributed by atoms with E-state index >= 15 is 0 Å². The molecule has 4 nitrogen and oxygen atoms in total. The summed E-state index contributed by atoms with van der Waals surface area (Å²) >= 11 is 0. The molecule has 2 aromatic rings. The third-order valence-corrected chi connectivity index (χ3v) is 4.09. The molecule has 0 unspecified atom stereocenters. The lowest BCUT2D eigenvalue weighted by atomic mass is 9.99. The van der Waals surface area contributed by atoms with Crippen molar-refractivity contribution in [2.24, 2.45) is 0 Å². The van der Waals surface area contributed by atoms with Crippen molar-refractivity contribution in [3.05, 3.63) is 65.2 Å². The number of aryl methyl sites for hydroxylation is 2. The van der Waals surface area contributed by atoms with Gasteiger partial charge in [-0.05, 0) is 43.5 Å². The Labute approximate surface area is 136 Å². The molecule has 2 aromatic carbocycles. The number of fused-ring (bicyclic) bond motifs is 1. The molecule has 1 heterocycles. The molecule has 118 valence electrons. The van der Waals surface area contributed by atoms with E-state index in [0.717, 1.165) is 18.5 Å². The van der Waals surface area contributed by atoms with E-state index in [9.17, 15) is 9.59 Å². The van der Waals surface area contributed by atoms with Crippen LogP contribution in [0.15, 0.2) is 48.5 Å². The highest BCUT2D eigenvalue weighted by Gasteiger charge is 2.22. The summed E-state index contributed by atoms with van der Waals surface area (Å²) in [5.74, 6) is -0.292. The molecule has 2 amide bonds. The van der Waals surface area contributed by atoms with Gasteiger partial charge in [-0.3, -0.25) is 9.59 Å². The van der Waals surface area contributed by atoms with Crippen LogP contribution in [0.4, 0.5) is 5.69 Å². The van der Waals surface area contributed by atoms with Crippen LogP contribution in [0.1, 0.15) is 27.9 Å². The van der Waals surface area contributed by atoms with Crippen LogP contribution in [0.5, 0.6) is 0 Å². The molecule has 0 aliphatic carbocycles. The van der Waals surface area contributed by atoms with E-state index in [0.29, 0.717) is 12.1 Å². The maximum atomic E-state index is 12.5. The van der Waals surface area contributed by atoms with Gasteiger partial charge in [0.25, 0.3) is 5.91 Å². The van der Waals surface area contributed by atoms with E-state index in [1.54, 1.807) is 29.2 Å². The number of hydrogen-bond acceptors (Lipinski definition) is 2. The minimum Gasteiger partial charge on any atom is -0.343 e. The SMILES string of the molecule is Cc1ccc2c(c1)CCCN2C(=O)CNC(=O)c1ccccc1. The maximum absolute atomic E-state index is 12.5. The van der Waals surface area contributed by atoms with Crippen LogP contribution in [0, 0.1) is 6.92 Å². The summed E-state index contributed by atoms with van der Waals surface area (Å²) in [6.45, 7) is 2.78. The maximum Gasteiger partial charge on any atom is 0.251 e. The van der Waals surface area contributed by atoms with Gasteiger partial charge in [0.05, 0.1) is 6.54 Å². The number of hydrogen-bond donors (Lipinski definition) is 1. The zero-order valence-electron chi connectivity index (χ0n) is 13.2. The van der Waals surface area contributed by atoms with Crippen LogP contribution in [0.3, 0.4) is 0 Å². The highest BCUT2D eigenvalue weighted by atomic mass is 16.2. The summed E-state index contributed by atoms with van der Waals surface area (Å²) in [7, 11) is 0. The topological polar surface area (TPSA) is 49.4 Å². The molecule has 0 saturated heterocycles. The average molecular weight is 308 g/mol. The first-order chi connectivity index (χ1) is 11.1. The van der Waals surface area contributed by atoms with Crippen molar-refractivity contribution in [3.8, 4) is 0 Å². The number of amides is 2. The van der Waals surface area contributed by atoms with E-state index in [2.05, 4.69) is 18.3 Å². The number of benzene rings is 2. The van der Waals surface area contributed by atoms with E-state index < -0.39 is 0 Å². The summed E-state index contributed by atoms with van der Waals surface area (Å²) in [6.07, 6.45) is 1.95. The lowest BCUT2D eigenvalue weighted by Gasteiger charge is -2.30. The molecule has 23 heavy (non-hydrogen) atoms. The number of rotatable bonds is 3. The molecular weight excluding hydrogens is 288 g/mol. The zero-order valence-corrected chi connectivity index (χ0v) is 13.2. The van der Waals surface area contributed by atoms with Crippen LogP contribution in [-0.4, -0.2) is 24.9 Å². The van der Waals surface area contributed by atoms with Gasteiger partial charge in [0.2, 0.25) is 5.91 Å². The predicted molar refractivity (Wildman–Crippen MR) is 90.6 cm³/mol. The Morgan fingerprint density at radius 1 is 1.13 bits per heavy atom. The molecule has 0 spiro atoms. The second-order valence-corrected chi connectivity index (χ2v) is 5.83. The van der Waals surface area contributed by atoms with Gasteiger partial charge in [-0.2, -0.15) is 0 Å². The quantitative estimate of drug-likeness (QED) is 0.948. The molecule has 0 saturated carbocycles. The van der Waals surface area contributed by atoms with Gasteiger partial charge in [-0.15, -0.1) is 0 Å². The molecule has 1 N–H and O–H groups in total. The highest BCUT2D eigenvalue weighted by Crippen LogP contribution is 2.27. The fourth-order valence-corrected chi connectivity index (χ4v) is 2.93. The van der Waals surface area contributed by atoms with Crippen molar-refractivity contribution in [3.63, 3.8) is 0 Å². The summed E-state index contributed by atoms with van der Waals surface area (Å²) in [4.78, 5) is 26.3. The Morgan fingerprint density at radius 3 is 2.70 bits per heavy atom. The largest absolute Gasteiger partial charge is 0.343 e. The summed E-state index contributed by atoms with van der Waals surface area (Å²) < 4.78 is 0. The molecular formula is C19H20N2O2. The first-order valence-electron chi connectivity index (χ1n) is 7.88. The molecule has 0 radical (unpaired) electrons. The fraction of sp³-hybridized carbons (Fsp3) is 0.263. The Morgan fingerprint density at radius 2 is 1.91 bits per heavy atom. The standard InChI is InChI=1S/C19H20N2O2/c1-14-9-10-17-16(12-14)8-5-11-21(17)18(22)13-20-19(23)15-6-3-2-4-7-15/h2-4,6-7,9-10,12H,5,8,11,13H2,1H3,(H,20,23). The first kappa shape index (κ1) is 15.3. The zero-order chi connectivity index (χ0) is 16.2. The van der Waals surface area contributed by atoms with Gasteiger partial charge in [0.15, 0.2) is 0 Å². The van der Waals surface area contributed by atoms with Gasteiger partial charge in [0.1, 0.15) is 0 Å². The smallest absolute Gasteiger partial charge is 0.251 e. The summed E-state index contributed by atoms with van der Waals surface area (Å²) in [5, 5.41) is 2.71. The van der Waals surface area contributed by atoms with Gasteiger partial charge in [0, 0.05) is 17.8 Å². The Balaban J connectivity index is 1.67. The third kappa shape index (κ3) is 3.42. The van der Waals surface area contributed by atoms with E-state index in [-0.39, 0.29) is 18.4 Å². The number of nitrogens with zero attached hydrogens (tertiary/aromatic N) is 1. The molecule has 0 bridgehead atoms. The summed E-state index contributed by atoms with van der Waals surface area (Å²) in [5.41, 5.74) is 3.95. The van der Waals surface area contributed by atoms with E-state index in [4.69, 9.17) is 0 Å². The van der Waals surface area contributed by atoms with Gasteiger partial charge >= 0.3 is 0 Å². The highest BCUT2D eigenvalue weighted by molar-refractivity contribution is 6.00. The molecule has 1 aliphatic heterocycles. The molecule has 0 fully saturated rings.